The molecule has 6 N–H and O–H groups in total. The zero-order valence-corrected chi connectivity index (χ0v) is 44.6. The lowest BCUT2D eigenvalue weighted by atomic mass is 9.95. The molecule has 72 heavy (non-hydrogen) atoms. The number of hydrogen-bond acceptors (Lipinski definition) is 14. The van der Waals surface area contributed by atoms with Crippen molar-refractivity contribution in [2.45, 2.75) is 181 Å². The minimum Gasteiger partial charge on any atom is -0.497 e. The average Bonchev–Trinajstić information content (AvgIpc) is 3.80. The molecule has 2 aliphatic rings. The second kappa shape index (κ2) is 27.3. The maximum atomic E-state index is 14.7. The fraction of sp³-hybridized carbons (Fsp3) is 0.706. The highest BCUT2D eigenvalue weighted by Crippen LogP contribution is 2.24. The van der Waals surface area contributed by atoms with Gasteiger partial charge >= 0.3 is 11.9 Å². The number of ether oxygens (including phenoxy) is 3. The van der Waals surface area contributed by atoms with Crippen LogP contribution in [0, 0.1) is 23.7 Å². The van der Waals surface area contributed by atoms with Crippen LogP contribution < -0.4 is 26.0 Å². The second-order valence-electron chi connectivity index (χ2n) is 20.7. The van der Waals surface area contributed by atoms with E-state index in [9.17, 15) is 53.4 Å². The molecule has 2 aliphatic heterocycles. The van der Waals surface area contributed by atoms with Crippen LogP contribution in [-0.4, -0.2) is 173 Å². The summed E-state index contributed by atoms with van der Waals surface area (Å²) in [6, 6.07) is -2.30. The van der Waals surface area contributed by atoms with E-state index in [1.54, 1.807) is 52.0 Å². The van der Waals surface area contributed by atoms with Crippen LogP contribution in [-0.2, 0) is 59.0 Å². The van der Waals surface area contributed by atoms with Gasteiger partial charge in [0.1, 0.15) is 54.2 Å². The molecule has 0 bridgehead atoms. The number of likely N-dealkylation sites (N-methyl/N-ethyl adjacent to an activating group) is 2. The van der Waals surface area contributed by atoms with Crippen LogP contribution in [0.1, 0.15) is 114 Å². The van der Waals surface area contributed by atoms with Gasteiger partial charge in [-0.25, -0.2) is 4.79 Å². The number of carbonyl (C=O) groups is 9. The van der Waals surface area contributed by atoms with E-state index in [4.69, 9.17) is 14.2 Å². The summed E-state index contributed by atoms with van der Waals surface area (Å²) in [5, 5.41) is 32.4. The zero-order valence-electron chi connectivity index (χ0n) is 44.6. The highest BCUT2D eigenvalue weighted by molar-refractivity contribution is 5.96. The smallest absolute Gasteiger partial charge is 0.329 e. The van der Waals surface area contributed by atoms with E-state index in [0.717, 1.165) is 4.90 Å². The zero-order chi connectivity index (χ0) is 54.5. The maximum Gasteiger partial charge on any atom is 0.329 e. The number of nitrogens with zero attached hydrogens (tertiary/aromatic N) is 3. The Labute approximate surface area is 424 Å². The molecule has 2 saturated heterocycles. The van der Waals surface area contributed by atoms with Crippen LogP contribution in [0.15, 0.2) is 24.3 Å². The molecule has 0 saturated carbocycles. The SMILES string of the molecule is COc1ccc(C[C@H]2C(=O)O[C@H](C)[C@H](NC(=O)C(CC(C)C)N(C)C(=O)C3CCCN3C(=O)[C@H](C)O)C(=O)NC(C(C)C)[C@@H](O)CC(=O)O[C@@H](C(C)C)C(=O)NC(CC(C)C)C(=O)N[C@@H](C)C(=O)N2C)cc1. The van der Waals surface area contributed by atoms with E-state index in [1.807, 2.05) is 27.7 Å². The molecule has 0 aliphatic carbocycles. The lowest BCUT2D eigenvalue weighted by Gasteiger charge is -2.36. The van der Waals surface area contributed by atoms with Gasteiger partial charge in [-0.05, 0) is 87.8 Å². The molecule has 3 rings (SSSR count). The van der Waals surface area contributed by atoms with Crippen LogP contribution in [0.5, 0.6) is 5.75 Å². The van der Waals surface area contributed by atoms with Gasteiger partial charge in [-0.15, -0.1) is 0 Å². The van der Waals surface area contributed by atoms with Crippen LogP contribution >= 0.6 is 0 Å². The van der Waals surface area contributed by atoms with Crippen molar-refractivity contribution < 1.29 is 67.6 Å². The Morgan fingerprint density at radius 2 is 1.49 bits per heavy atom. The average molecular weight is 1020 g/mol. The molecule has 1 aromatic rings. The van der Waals surface area contributed by atoms with Crippen LogP contribution in [0.25, 0.3) is 0 Å². The number of aliphatic hydroxyl groups is 2. The normalized spacial score (nSPS) is 26.5. The fourth-order valence-corrected chi connectivity index (χ4v) is 8.87. The van der Waals surface area contributed by atoms with Gasteiger partial charge in [0, 0.05) is 27.1 Å². The summed E-state index contributed by atoms with van der Waals surface area (Å²) >= 11 is 0. The van der Waals surface area contributed by atoms with E-state index in [-0.39, 0.29) is 44.1 Å². The number of methoxy groups -OCH3 is 1. The molecule has 0 spiro atoms. The summed E-state index contributed by atoms with van der Waals surface area (Å²) in [6.45, 7) is 18.2. The summed E-state index contributed by atoms with van der Waals surface area (Å²) in [5.41, 5.74) is 0.569. The van der Waals surface area contributed by atoms with Gasteiger partial charge in [-0.3, -0.25) is 38.4 Å². The summed E-state index contributed by atoms with van der Waals surface area (Å²) in [5.74, 6) is -8.19. The van der Waals surface area contributed by atoms with Crippen LogP contribution in [0.2, 0.25) is 0 Å². The Morgan fingerprint density at radius 3 is 2.03 bits per heavy atom. The van der Waals surface area contributed by atoms with Gasteiger partial charge in [-0.1, -0.05) is 67.5 Å². The molecule has 21 heteroatoms. The Hall–Kier alpha value is -5.83. The number of rotatable bonds is 14. The summed E-state index contributed by atoms with van der Waals surface area (Å²) in [4.78, 5) is 130. The largest absolute Gasteiger partial charge is 0.497 e. The number of aliphatic hydroxyl groups excluding tert-OH is 2. The van der Waals surface area contributed by atoms with Crippen LogP contribution in [0.3, 0.4) is 0 Å². The predicted molar refractivity (Wildman–Crippen MR) is 264 cm³/mol. The predicted octanol–water partition coefficient (Wildman–Crippen LogP) is 1.23. The van der Waals surface area contributed by atoms with Gasteiger partial charge in [0.25, 0.3) is 11.8 Å². The van der Waals surface area contributed by atoms with Crippen molar-refractivity contribution in [2.24, 2.45) is 23.7 Å². The van der Waals surface area contributed by atoms with E-state index >= 15 is 0 Å². The number of benzene rings is 1. The number of esters is 2. The summed E-state index contributed by atoms with van der Waals surface area (Å²) < 4.78 is 17.0. The Balaban J connectivity index is 2.20. The molecular weight excluding hydrogens is 935 g/mol. The summed E-state index contributed by atoms with van der Waals surface area (Å²) in [6.07, 6.45) is -5.75. The van der Waals surface area contributed by atoms with Crippen molar-refractivity contribution >= 4 is 53.3 Å². The van der Waals surface area contributed by atoms with Gasteiger partial charge in [0.15, 0.2) is 6.10 Å². The monoisotopic (exact) mass is 1020 g/mol. The van der Waals surface area contributed by atoms with Crippen molar-refractivity contribution in [2.75, 3.05) is 27.7 Å². The number of cyclic esters (lactones) is 2. The third-order valence-corrected chi connectivity index (χ3v) is 13.0. The molecule has 2 heterocycles. The van der Waals surface area contributed by atoms with E-state index < -0.39 is 138 Å². The molecule has 21 nitrogen and oxygen atoms in total. The Morgan fingerprint density at radius 1 is 0.861 bits per heavy atom. The fourth-order valence-electron chi connectivity index (χ4n) is 8.87. The molecule has 4 unspecified atom stereocenters. The first-order chi connectivity index (χ1) is 33.6. The second-order valence-corrected chi connectivity index (χ2v) is 20.7. The molecule has 0 aromatic heterocycles. The Kier molecular flexibility index (Phi) is 22.9. The molecular formula is C51H81N7O14. The number of amides is 7. The molecule has 2 fully saturated rings. The van der Waals surface area contributed by atoms with Gasteiger partial charge < -0.3 is 60.4 Å². The number of likely N-dealkylation sites (tertiary alicyclic amines) is 1. The lowest BCUT2D eigenvalue weighted by Crippen LogP contribution is -2.62. The highest BCUT2D eigenvalue weighted by atomic mass is 16.6. The third-order valence-electron chi connectivity index (χ3n) is 13.0. The minimum atomic E-state index is -1.73. The molecule has 1 aromatic carbocycles. The Bertz CT molecular complexity index is 2060. The molecule has 11 atom stereocenters. The van der Waals surface area contributed by atoms with Crippen molar-refractivity contribution in [1.29, 1.82) is 0 Å². The topological polar surface area (TPSA) is 280 Å². The molecule has 404 valence electrons. The first kappa shape index (κ1) is 60.5. The minimum absolute atomic E-state index is 0.0856. The summed E-state index contributed by atoms with van der Waals surface area (Å²) in [7, 11) is 4.24. The third kappa shape index (κ3) is 16.6. The van der Waals surface area contributed by atoms with E-state index in [2.05, 4.69) is 21.3 Å². The molecule has 0 radical (unpaired) electrons. The van der Waals surface area contributed by atoms with Crippen molar-refractivity contribution in [3.63, 3.8) is 0 Å². The maximum absolute atomic E-state index is 14.7. The van der Waals surface area contributed by atoms with Crippen molar-refractivity contribution in [3.8, 4) is 5.75 Å². The molecule has 7 amide bonds. The highest BCUT2D eigenvalue weighted by Gasteiger charge is 2.43. The quantitative estimate of drug-likeness (QED) is 0.143. The van der Waals surface area contributed by atoms with Gasteiger partial charge in [-0.2, -0.15) is 0 Å². The first-order valence-electron chi connectivity index (χ1n) is 25.0. The van der Waals surface area contributed by atoms with Crippen LogP contribution in [0.4, 0.5) is 0 Å². The van der Waals surface area contributed by atoms with Gasteiger partial charge in [0.2, 0.25) is 29.5 Å². The van der Waals surface area contributed by atoms with Crippen molar-refractivity contribution in [1.82, 2.24) is 36.0 Å². The van der Waals surface area contributed by atoms with Gasteiger partial charge in [0.05, 0.1) is 25.7 Å². The van der Waals surface area contributed by atoms with E-state index in [0.29, 0.717) is 17.7 Å². The first-order valence-corrected chi connectivity index (χ1v) is 25.0. The lowest BCUT2D eigenvalue weighted by molar-refractivity contribution is -0.162. The number of carbonyl (C=O) groups excluding carboxylic acids is 9. The number of hydrogen-bond donors (Lipinski definition) is 6. The van der Waals surface area contributed by atoms with E-state index in [1.165, 1.54) is 51.8 Å². The standard InChI is InChI=1S/C51H81N7O14/c1-26(2)22-35-44(62)52-30(9)48(66)57(13)38(24-33-17-19-34(70-14)20-18-33)51(69)71-32(11)42(46(64)54-41(28(5)6)39(60)25-40(61)72-43(29(7)8)47(65)53-35)55-45(63)37(23-27(3)4)56(12)50(68)36-16-15-21-58(36)49(67)31(10)59/h17-20,26-32,35-39,41-43,59-60H,15-16,21-25H2,1-14H3,(H,52,62)(H,53,65)(H,54,64)(H,55,63)/t30-,31-,32+,35?,36?,37?,38-,39-,41?,42-,43-/m0/s1. The number of nitrogens with one attached hydrogen (secondary N) is 4. The van der Waals surface area contributed by atoms with Crippen molar-refractivity contribution in [3.05, 3.63) is 29.8 Å².